The van der Waals surface area contributed by atoms with Gasteiger partial charge in [0.25, 0.3) is 0 Å². The zero-order valence-corrected chi connectivity index (χ0v) is 13.2. The normalized spacial score (nSPS) is 18.2. The van der Waals surface area contributed by atoms with Crippen LogP contribution in [0.25, 0.3) is 0 Å². The molecule has 5 heteroatoms. The molecule has 1 aromatic rings. The fraction of sp³-hybridized carbons (Fsp3) is 0.500. The number of hydrogen-bond donors (Lipinski definition) is 2. The maximum absolute atomic E-state index is 6.29. The van der Waals surface area contributed by atoms with Gasteiger partial charge in [-0.3, -0.25) is 4.99 Å². The number of rotatable bonds is 2. The highest BCUT2D eigenvalue weighted by Gasteiger charge is 2.15. The van der Waals surface area contributed by atoms with Crippen LogP contribution in [-0.4, -0.2) is 11.9 Å². The SMILES string of the molecule is NNC(=NC1CCCCCC1)c1cccc(Br)c1Cl. The number of nitrogens with one attached hydrogen (secondary N) is 1. The van der Waals surface area contributed by atoms with Gasteiger partial charge in [0.1, 0.15) is 5.84 Å². The van der Waals surface area contributed by atoms with Crippen molar-refractivity contribution in [3.05, 3.63) is 33.3 Å². The van der Waals surface area contributed by atoms with Gasteiger partial charge in [0.2, 0.25) is 0 Å². The summed E-state index contributed by atoms with van der Waals surface area (Å²) in [6.45, 7) is 0. The minimum absolute atomic E-state index is 0.351. The number of aliphatic imine (C=N–C) groups is 1. The second-order valence-electron chi connectivity index (χ2n) is 4.87. The van der Waals surface area contributed by atoms with Crippen LogP contribution in [0.3, 0.4) is 0 Å². The molecule has 0 unspecified atom stereocenters. The Morgan fingerprint density at radius 1 is 1.26 bits per heavy atom. The molecule has 1 aliphatic carbocycles. The molecule has 104 valence electrons. The van der Waals surface area contributed by atoms with E-state index in [9.17, 15) is 0 Å². The Morgan fingerprint density at radius 3 is 2.58 bits per heavy atom. The first kappa shape index (κ1) is 14.8. The van der Waals surface area contributed by atoms with Crippen LogP contribution in [0.5, 0.6) is 0 Å². The molecule has 1 aromatic carbocycles. The van der Waals surface area contributed by atoms with Crippen molar-refractivity contribution in [2.45, 2.75) is 44.6 Å². The van der Waals surface area contributed by atoms with Crippen molar-refractivity contribution in [1.82, 2.24) is 5.43 Å². The molecule has 0 amide bonds. The van der Waals surface area contributed by atoms with Gasteiger partial charge in [0, 0.05) is 10.0 Å². The van der Waals surface area contributed by atoms with Crippen LogP contribution in [0.4, 0.5) is 0 Å². The van der Waals surface area contributed by atoms with E-state index in [1.165, 1.54) is 25.7 Å². The lowest BCUT2D eigenvalue weighted by atomic mass is 10.1. The zero-order chi connectivity index (χ0) is 13.7. The van der Waals surface area contributed by atoms with Crippen molar-refractivity contribution in [3.8, 4) is 0 Å². The van der Waals surface area contributed by atoms with Crippen LogP contribution in [0.1, 0.15) is 44.1 Å². The molecule has 0 bridgehead atoms. The number of halogens is 2. The average Bonchev–Trinajstić information content (AvgIpc) is 2.68. The molecule has 0 aromatic heterocycles. The molecule has 0 saturated heterocycles. The van der Waals surface area contributed by atoms with Crippen molar-refractivity contribution in [2.24, 2.45) is 10.8 Å². The highest BCUT2D eigenvalue weighted by Crippen LogP contribution is 2.27. The molecule has 19 heavy (non-hydrogen) atoms. The van der Waals surface area contributed by atoms with E-state index < -0.39 is 0 Å². The third kappa shape index (κ3) is 3.94. The number of hydrogen-bond acceptors (Lipinski definition) is 2. The average molecular weight is 345 g/mol. The Labute approximate surface area is 127 Å². The van der Waals surface area contributed by atoms with E-state index in [2.05, 4.69) is 21.4 Å². The van der Waals surface area contributed by atoms with Gasteiger partial charge in [-0.1, -0.05) is 43.4 Å². The minimum atomic E-state index is 0.351. The Balaban J connectivity index is 2.25. The molecule has 0 atom stereocenters. The lowest BCUT2D eigenvalue weighted by molar-refractivity contribution is 0.583. The summed E-state index contributed by atoms with van der Waals surface area (Å²) in [5.74, 6) is 6.30. The molecule has 1 fully saturated rings. The topological polar surface area (TPSA) is 50.4 Å². The molecule has 0 spiro atoms. The summed E-state index contributed by atoms with van der Waals surface area (Å²) in [5, 5.41) is 0.646. The number of amidine groups is 1. The minimum Gasteiger partial charge on any atom is -0.308 e. The summed E-state index contributed by atoms with van der Waals surface area (Å²) < 4.78 is 0.857. The standard InChI is InChI=1S/C14H19BrClN3/c15-12-9-5-8-11(13(12)16)14(19-17)18-10-6-3-1-2-4-7-10/h5,8-10H,1-4,6-7,17H2,(H,18,19). The molecule has 3 N–H and O–H groups in total. The Morgan fingerprint density at radius 2 is 1.95 bits per heavy atom. The van der Waals surface area contributed by atoms with E-state index in [4.69, 9.17) is 22.4 Å². The maximum Gasteiger partial charge on any atom is 0.144 e. The van der Waals surface area contributed by atoms with Crippen molar-refractivity contribution in [1.29, 1.82) is 0 Å². The molecule has 0 radical (unpaired) electrons. The molecule has 2 rings (SSSR count). The third-order valence-corrected chi connectivity index (χ3v) is 4.78. The largest absolute Gasteiger partial charge is 0.308 e. The van der Waals surface area contributed by atoms with Crippen molar-refractivity contribution in [3.63, 3.8) is 0 Å². The summed E-state index contributed by atoms with van der Waals surface area (Å²) in [7, 11) is 0. The predicted octanol–water partition coefficient (Wildman–Crippen LogP) is 4.04. The highest BCUT2D eigenvalue weighted by atomic mass is 79.9. The van der Waals surface area contributed by atoms with E-state index in [1.807, 2.05) is 18.2 Å². The zero-order valence-electron chi connectivity index (χ0n) is 10.8. The van der Waals surface area contributed by atoms with E-state index in [1.54, 1.807) is 0 Å². The number of benzene rings is 1. The van der Waals surface area contributed by atoms with Gasteiger partial charge in [-0.05, 0) is 40.9 Å². The highest BCUT2D eigenvalue weighted by molar-refractivity contribution is 9.10. The lowest BCUT2D eigenvalue weighted by Crippen LogP contribution is -2.32. The molecule has 1 aliphatic rings. The summed E-state index contributed by atoms with van der Waals surface area (Å²) in [5.41, 5.74) is 3.55. The van der Waals surface area contributed by atoms with E-state index >= 15 is 0 Å². The van der Waals surface area contributed by atoms with E-state index in [0.717, 1.165) is 22.9 Å². The van der Waals surface area contributed by atoms with Gasteiger partial charge < -0.3 is 5.43 Å². The van der Waals surface area contributed by atoms with Crippen LogP contribution >= 0.6 is 27.5 Å². The van der Waals surface area contributed by atoms with Crippen LogP contribution in [-0.2, 0) is 0 Å². The molecule has 3 nitrogen and oxygen atoms in total. The maximum atomic E-state index is 6.29. The van der Waals surface area contributed by atoms with Gasteiger partial charge >= 0.3 is 0 Å². The monoisotopic (exact) mass is 343 g/mol. The Hall–Kier alpha value is -0.580. The second-order valence-corrected chi connectivity index (χ2v) is 6.10. The van der Waals surface area contributed by atoms with E-state index in [-0.39, 0.29) is 0 Å². The predicted molar refractivity (Wildman–Crippen MR) is 84.5 cm³/mol. The smallest absolute Gasteiger partial charge is 0.144 e. The van der Waals surface area contributed by atoms with Gasteiger partial charge in [0.05, 0.1) is 11.1 Å². The molecule has 1 saturated carbocycles. The number of hydrazine groups is 1. The van der Waals surface area contributed by atoms with Crippen LogP contribution in [0.2, 0.25) is 5.02 Å². The van der Waals surface area contributed by atoms with Crippen LogP contribution in [0, 0.1) is 0 Å². The fourth-order valence-electron chi connectivity index (χ4n) is 2.44. The van der Waals surface area contributed by atoms with E-state index in [0.29, 0.717) is 16.9 Å². The lowest BCUT2D eigenvalue weighted by Gasteiger charge is -2.14. The summed E-state index contributed by atoms with van der Waals surface area (Å²) in [6.07, 6.45) is 7.40. The van der Waals surface area contributed by atoms with Crippen molar-refractivity contribution in [2.75, 3.05) is 0 Å². The molecular formula is C14H19BrClN3. The summed E-state index contributed by atoms with van der Waals surface area (Å²) in [4.78, 5) is 4.76. The first-order chi connectivity index (χ1) is 9.22. The fourth-order valence-corrected chi connectivity index (χ4v) is 3.02. The van der Waals surface area contributed by atoms with Crippen molar-refractivity contribution >= 4 is 33.4 Å². The number of nitrogens with two attached hydrogens (primary N) is 1. The quantitative estimate of drug-likeness (QED) is 0.280. The van der Waals surface area contributed by atoms with Crippen molar-refractivity contribution < 1.29 is 0 Å². The van der Waals surface area contributed by atoms with Crippen LogP contribution < -0.4 is 11.3 Å². The third-order valence-electron chi connectivity index (χ3n) is 3.48. The van der Waals surface area contributed by atoms with Crippen LogP contribution in [0.15, 0.2) is 27.7 Å². The first-order valence-corrected chi connectivity index (χ1v) is 7.88. The summed E-state index contributed by atoms with van der Waals surface area (Å²) >= 11 is 9.72. The molecular weight excluding hydrogens is 326 g/mol. The first-order valence-electron chi connectivity index (χ1n) is 6.71. The molecule has 0 heterocycles. The second kappa shape index (κ2) is 7.27. The number of nitrogens with zero attached hydrogens (tertiary/aromatic N) is 1. The van der Waals surface area contributed by atoms with Gasteiger partial charge in [-0.15, -0.1) is 0 Å². The summed E-state index contributed by atoms with van der Waals surface area (Å²) in [6, 6.07) is 6.13. The van der Waals surface area contributed by atoms with Gasteiger partial charge in [0.15, 0.2) is 0 Å². The van der Waals surface area contributed by atoms with Gasteiger partial charge in [-0.2, -0.15) is 0 Å². The Kier molecular flexibility index (Phi) is 5.67. The Bertz CT molecular complexity index is 454. The van der Waals surface area contributed by atoms with Gasteiger partial charge in [-0.25, -0.2) is 5.84 Å². The molecule has 0 aliphatic heterocycles.